The first-order valence-corrected chi connectivity index (χ1v) is 21.7. The molecule has 2 amide bonds. The van der Waals surface area contributed by atoms with Gasteiger partial charge in [0.1, 0.15) is 41.5 Å². The van der Waals surface area contributed by atoms with Crippen molar-refractivity contribution in [2.45, 2.75) is 158 Å². The van der Waals surface area contributed by atoms with Gasteiger partial charge in [0.05, 0.1) is 37.5 Å². The van der Waals surface area contributed by atoms with Crippen LogP contribution in [0, 0.1) is 11.3 Å². The molecule has 4 saturated heterocycles. The Labute approximate surface area is 355 Å². The molecule has 2 aromatic carbocycles. The van der Waals surface area contributed by atoms with E-state index < -0.39 is 95.8 Å². The van der Waals surface area contributed by atoms with Gasteiger partial charge in [0.2, 0.25) is 11.8 Å². The van der Waals surface area contributed by atoms with Gasteiger partial charge in [-0.1, -0.05) is 60.7 Å². The number of nitrogens with one attached hydrogen (secondary N) is 2. The molecule has 4 N–H and O–H groups in total. The average molecular weight is 844 g/mol. The van der Waals surface area contributed by atoms with Crippen molar-refractivity contribution in [3.05, 3.63) is 76.9 Å². The first-order chi connectivity index (χ1) is 29.1. The van der Waals surface area contributed by atoms with E-state index in [1.807, 2.05) is 48.5 Å². The van der Waals surface area contributed by atoms with E-state index >= 15 is 4.79 Å². The lowest BCUT2D eigenvalue weighted by molar-refractivity contribution is -0.217. The summed E-state index contributed by atoms with van der Waals surface area (Å²) in [6, 6.07) is 12.3. The van der Waals surface area contributed by atoms with Gasteiger partial charge in [-0.2, -0.15) is 5.06 Å². The van der Waals surface area contributed by atoms with Crippen molar-refractivity contribution in [3.63, 3.8) is 0 Å². The Morgan fingerprint density at radius 1 is 1.00 bits per heavy atom. The number of ether oxygens (including phenoxy) is 5. The number of carbonyl (C=O) groups excluding carboxylic acids is 4. The minimum Gasteiger partial charge on any atom is -0.460 e. The molecule has 2 saturated carbocycles. The van der Waals surface area contributed by atoms with Gasteiger partial charge in [-0.05, 0) is 81.5 Å². The molecule has 1 spiro atoms. The Balaban J connectivity index is 0.979. The van der Waals surface area contributed by atoms with Crippen molar-refractivity contribution < 1.29 is 57.9 Å². The zero-order chi connectivity index (χ0) is 42.8. The van der Waals surface area contributed by atoms with Crippen LogP contribution in [0.1, 0.15) is 88.5 Å². The fraction of sp³-hybridized carbons (Fsp3) is 0.609. The summed E-state index contributed by atoms with van der Waals surface area (Å²) in [6.07, 6.45) is 4.42. The zero-order valence-corrected chi connectivity index (χ0v) is 35.1. The number of fused-ring (bicyclic) bond motifs is 6. The van der Waals surface area contributed by atoms with Crippen molar-refractivity contribution in [2.75, 3.05) is 6.61 Å². The molecule has 7 aliphatic rings. The van der Waals surface area contributed by atoms with E-state index in [4.69, 9.17) is 28.5 Å². The van der Waals surface area contributed by atoms with E-state index in [1.54, 1.807) is 20.8 Å². The summed E-state index contributed by atoms with van der Waals surface area (Å²) in [5, 5.41) is 28.1. The molecule has 4 aliphatic heterocycles. The smallest absolute Gasteiger partial charge is 0.327 e. The van der Waals surface area contributed by atoms with Gasteiger partial charge in [-0.3, -0.25) is 24.0 Å². The molecule has 328 valence electrons. The molecule has 3 unspecified atom stereocenters. The first-order valence-electron chi connectivity index (χ1n) is 21.7. The van der Waals surface area contributed by atoms with Gasteiger partial charge in [0.15, 0.2) is 11.8 Å². The van der Waals surface area contributed by atoms with Crippen molar-refractivity contribution in [1.29, 1.82) is 0 Å². The number of benzene rings is 2. The predicted octanol–water partition coefficient (Wildman–Crippen LogP) is 2.81. The highest BCUT2D eigenvalue weighted by Gasteiger charge is 2.76. The van der Waals surface area contributed by atoms with Crippen LogP contribution in [0.15, 0.2) is 54.6 Å². The number of aliphatic hydroxyl groups is 2. The largest absolute Gasteiger partial charge is 0.460 e. The van der Waals surface area contributed by atoms with E-state index in [9.17, 15) is 24.6 Å². The highest BCUT2D eigenvalue weighted by atomic mass is 16.8. The van der Waals surface area contributed by atoms with Crippen LogP contribution in [0.2, 0.25) is 0 Å². The number of rotatable bonds is 13. The number of hydrogen-bond acceptors (Lipinski definition) is 13. The molecule has 15 nitrogen and oxygen atoms in total. The first kappa shape index (κ1) is 42.1. The van der Waals surface area contributed by atoms with Crippen molar-refractivity contribution in [3.8, 4) is 0 Å². The Morgan fingerprint density at radius 2 is 1.75 bits per heavy atom. The molecule has 0 aromatic heterocycles. The van der Waals surface area contributed by atoms with Gasteiger partial charge < -0.3 is 44.5 Å². The summed E-state index contributed by atoms with van der Waals surface area (Å²) < 4.78 is 30.9. The van der Waals surface area contributed by atoms with E-state index in [2.05, 4.69) is 22.8 Å². The minimum absolute atomic E-state index is 0.0169. The second-order valence-corrected chi connectivity index (χ2v) is 19.0. The van der Waals surface area contributed by atoms with Gasteiger partial charge in [0.25, 0.3) is 0 Å². The number of aliphatic hydroxyl groups excluding tert-OH is 2. The fourth-order valence-corrected chi connectivity index (χ4v) is 10.5. The lowest BCUT2D eigenvalue weighted by atomic mass is 9.62. The van der Waals surface area contributed by atoms with Gasteiger partial charge in [-0.25, -0.2) is 0 Å². The molecule has 61 heavy (non-hydrogen) atoms. The van der Waals surface area contributed by atoms with Crippen molar-refractivity contribution in [2.24, 2.45) is 11.3 Å². The maximum Gasteiger partial charge on any atom is 0.327 e. The summed E-state index contributed by atoms with van der Waals surface area (Å²) in [6.45, 7) is 6.22. The second-order valence-electron chi connectivity index (χ2n) is 19.0. The van der Waals surface area contributed by atoms with Crippen LogP contribution < -0.4 is 10.6 Å². The quantitative estimate of drug-likeness (QED) is 0.170. The van der Waals surface area contributed by atoms with E-state index in [-0.39, 0.29) is 25.8 Å². The highest BCUT2D eigenvalue weighted by Crippen LogP contribution is 2.58. The minimum atomic E-state index is -1.62. The predicted molar refractivity (Wildman–Crippen MR) is 217 cm³/mol. The van der Waals surface area contributed by atoms with Crippen LogP contribution in [-0.2, 0) is 67.1 Å². The van der Waals surface area contributed by atoms with Crippen LogP contribution in [0.5, 0.6) is 0 Å². The Bertz CT molecular complexity index is 2040. The number of allylic oxidation sites excluding steroid dienone is 1. The fourth-order valence-electron chi connectivity index (χ4n) is 10.5. The van der Waals surface area contributed by atoms with E-state index in [0.29, 0.717) is 31.0 Å². The standard InChI is InChI=1S/C46H57N3O12/c1-25(51)36(41(53)47-31(24-50)15-17-35(52)58-44(2,3)4)48-43(55)46-22-34-37-38(60-45(59-37)20-29-10-5-6-11-30(29)21-45)40(46)61-49(39(46)42(54)57-34)23-28-9-7-8-26(18-28)12-13-27-14-16-32-33(19-27)56-32/h5-13,18,25,27,31-34,36-40,50-51H,14-17,19-24H2,1-4H3,(H,47,53)(H,48,55)/t25-,27?,31-,32?,33?,34+,36+,37-,38-,39-,40+,46-/m0/s1. The number of amides is 2. The molecular weight excluding hydrogens is 787 g/mol. The van der Waals surface area contributed by atoms with Gasteiger partial charge in [0, 0.05) is 25.7 Å². The number of hydroxylamine groups is 2. The third-order valence-corrected chi connectivity index (χ3v) is 13.3. The highest BCUT2D eigenvalue weighted by molar-refractivity contribution is 5.96. The van der Waals surface area contributed by atoms with E-state index in [0.717, 1.165) is 41.5 Å². The summed E-state index contributed by atoms with van der Waals surface area (Å²) in [5.41, 5.74) is 1.67. The van der Waals surface area contributed by atoms with Gasteiger partial charge in [-0.15, -0.1) is 0 Å². The van der Waals surface area contributed by atoms with Crippen molar-refractivity contribution >= 4 is 29.8 Å². The van der Waals surface area contributed by atoms with E-state index in [1.165, 1.54) is 12.0 Å². The number of epoxide rings is 1. The Hall–Kier alpha value is -4.22. The summed E-state index contributed by atoms with van der Waals surface area (Å²) in [4.78, 5) is 62.5. The normalized spacial score (nSPS) is 33.2. The lowest BCUT2D eigenvalue weighted by Crippen LogP contribution is -2.71. The van der Waals surface area contributed by atoms with Crippen LogP contribution in [0.4, 0.5) is 0 Å². The summed E-state index contributed by atoms with van der Waals surface area (Å²) in [5.74, 6) is -3.24. The topological polar surface area (TPSA) is 195 Å². The third kappa shape index (κ3) is 8.26. The maximum absolute atomic E-state index is 15.1. The zero-order valence-electron chi connectivity index (χ0n) is 35.1. The Morgan fingerprint density at radius 3 is 2.46 bits per heavy atom. The number of carbonyl (C=O) groups is 4. The molecule has 12 atom stereocenters. The van der Waals surface area contributed by atoms with Crippen LogP contribution in [-0.4, -0.2) is 118 Å². The molecule has 2 aromatic rings. The third-order valence-electron chi connectivity index (χ3n) is 13.3. The monoisotopic (exact) mass is 843 g/mol. The molecular formula is C46H57N3O12. The molecule has 0 radical (unpaired) electrons. The van der Waals surface area contributed by atoms with Crippen LogP contribution >= 0.6 is 0 Å². The second kappa shape index (κ2) is 16.2. The summed E-state index contributed by atoms with van der Waals surface area (Å²) in [7, 11) is 0. The molecule has 4 heterocycles. The van der Waals surface area contributed by atoms with Crippen molar-refractivity contribution in [1.82, 2.24) is 15.7 Å². The number of nitrogens with zero attached hydrogens (tertiary/aromatic N) is 1. The van der Waals surface area contributed by atoms with Crippen LogP contribution in [0.3, 0.4) is 0 Å². The Kier molecular flexibility index (Phi) is 11.2. The van der Waals surface area contributed by atoms with Crippen LogP contribution in [0.25, 0.3) is 6.08 Å². The number of hydrogen-bond donors (Lipinski definition) is 4. The SMILES string of the molecule is C[C@H](O)[C@@H](NC(=O)[C@@]12C[C@H]3OC(=O)[C@@H]1N(Cc1cccc(C=CC4CCC5OC5C4)c1)O[C@@H]2[C@H]1OC2(Cc4ccccc4C2)O[C@H]13)C(=O)N[C@H](CO)CCC(=O)OC(C)(C)C. The molecule has 3 aliphatic carbocycles. The molecule has 9 rings (SSSR count). The summed E-state index contributed by atoms with van der Waals surface area (Å²) >= 11 is 0. The number of esters is 2. The molecule has 2 bridgehead atoms. The molecule has 6 fully saturated rings. The average Bonchev–Trinajstić information content (AvgIpc) is 3.56. The lowest BCUT2D eigenvalue weighted by Gasteiger charge is -2.49. The molecule has 15 heteroatoms. The van der Waals surface area contributed by atoms with Gasteiger partial charge >= 0.3 is 11.9 Å². The maximum atomic E-state index is 15.1.